The van der Waals surface area contributed by atoms with Gasteiger partial charge in [0.15, 0.2) is 0 Å². The minimum atomic E-state index is -4.49. The van der Waals surface area contributed by atoms with Gasteiger partial charge in [0.25, 0.3) is 10.1 Å². The topological polar surface area (TPSA) is 91.9 Å². The molecule has 7 heteroatoms. The van der Waals surface area contributed by atoms with Crippen LogP contribution in [-0.2, 0) is 10.1 Å². The molecular formula is C33H26N2O4S. The molecule has 1 aliphatic heterocycles. The second-order valence-electron chi connectivity index (χ2n) is 9.68. The number of hydrogen-bond acceptors (Lipinski definition) is 5. The maximum atomic E-state index is 12.4. The first-order chi connectivity index (χ1) is 19.3. The predicted octanol–water partition coefficient (Wildman–Crippen LogP) is 8.04. The minimum absolute atomic E-state index is 0.167. The molecule has 0 amide bonds. The molecule has 6 nitrogen and oxygen atoms in total. The van der Waals surface area contributed by atoms with Crippen molar-refractivity contribution in [2.75, 3.05) is 5.32 Å². The van der Waals surface area contributed by atoms with E-state index in [1.165, 1.54) is 6.07 Å². The number of aryl methyl sites for hydroxylation is 2. The summed E-state index contributed by atoms with van der Waals surface area (Å²) in [4.78, 5) is 4.64. The van der Waals surface area contributed by atoms with Gasteiger partial charge in [-0.3, -0.25) is 4.55 Å². The molecule has 6 rings (SSSR count). The van der Waals surface area contributed by atoms with Gasteiger partial charge in [-0.1, -0.05) is 54.6 Å². The lowest BCUT2D eigenvalue weighted by atomic mass is 9.93. The van der Waals surface area contributed by atoms with Gasteiger partial charge in [0.05, 0.1) is 11.0 Å². The van der Waals surface area contributed by atoms with Crippen molar-refractivity contribution in [2.24, 2.45) is 4.99 Å². The second kappa shape index (κ2) is 10.1. The number of nitrogens with one attached hydrogen (secondary N) is 1. The monoisotopic (exact) mass is 546 g/mol. The van der Waals surface area contributed by atoms with Crippen molar-refractivity contribution < 1.29 is 17.4 Å². The summed E-state index contributed by atoms with van der Waals surface area (Å²) in [6.45, 7) is 4.04. The molecule has 0 aromatic heterocycles. The van der Waals surface area contributed by atoms with Crippen LogP contribution >= 0.6 is 0 Å². The van der Waals surface area contributed by atoms with Crippen LogP contribution in [0.1, 0.15) is 11.1 Å². The molecule has 4 aromatic carbocycles. The van der Waals surface area contributed by atoms with Crippen LogP contribution < -0.4 is 10.7 Å². The Labute approximate surface area is 232 Å². The van der Waals surface area contributed by atoms with E-state index in [2.05, 4.69) is 5.32 Å². The van der Waals surface area contributed by atoms with Gasteiger partial charge >= 0.3 is 0 Å². The second-order valence-corrected chi connectivity index (χ2v) is 11.1. The zero-order valence-electron chi connectivity index (χ0n) is 21.9. The van der Waals surface area contributed by atoms with E-state index in [4.69, 9.17) is 9.41 Å². The Morgan fingerprint density at radius 3 is 2.25 bits per heavy atom. The Bertz CT molecular complexity index is 2040. The van der Waals surface area contributed by atoms with Gasteiger partial charge in [-0.15, -0.1) is 0 Å². The summed E-state index contributed by atoms with van der Waals surface area (Å²) < 4.78 is 41.3. The number of para-hydroxylation sites is 2. The van der Waals surface area contributed by atoms with Gasteiger partial charge in [0.1, 0.15) is 16.2 Å². The first-order valence-corrected chi connectivity index (χ1v) is 14.2. The van der Waals surface area contributed by atoms with E-state index in [0.29, 0.717) is 38.8 Å². The molecule has 4 aromatic rings. The molecule has 0 fully saturated rings. The van der Waals surface area contributed by atoms with Gasteiger partial charge in [-0.2, -0.15) is 8.42 Å². The average molecular weight is 547 g/mol. The minimum Gasteiger partial charge on any atom is -0.456 e. The lowest BCUT2D eigenvalue weighted by molar-refractivity contribution is 0.483. The molecule has 0 unspecified atom stereocenters. The third-order valence-electron chi connectivity index (χ3n) is 6.93. The predicted molar refractivity (Wildman–Crippen MR) is 159 cm³/mol. The number of rotatable bonds is 5. The number of fused-ring (bicyclic) bond motifs is 2. The van der Waals surface area contributed by atoms with Crippen LogP contribution in [0, 0.1) is 13.8 Å². The van der Waals surface area contributed by atoms with Crippen molar-refractivity contribution in [1.29, 1.82) is 0 Å². The lowest BCUT2D eigenvalue weighted by Crippen LogP contribution is -2.05. The van der Waals surface area contributed by atoms with Crippen LogP contribution in [0.5, 0.6) is 0 Å². The number of hydrogen-bond donors (Lipinski definition) is 2. The smallest absolute Gasteiger partial charge is 0.295 e. The summed E-state index contributed by atoms with van der Waals surface area (Å²) in [5.74, 6) is 0.538. The molecule has 2 N–H and O–H groups in total. The van der Waals surface area contributed by atoms with Crippen LogP contribution in [0.25, 0.3) is 33.4 Å². The van der Waals surface area contributed by atoms with E-state index in [-0.39, 0.29) is 4.90 Å². The molecule has 40 heavy (non-hydrogen) atoms. The maximum absolute atomic E-state index is 12.4. The fraction of sp³-hybridized carbons (Fsp3) is 0.0606. The molecule has 2 aliphatic rings. The summed E-state index contributed by atoms with van der Waals surface area (Å²) in [7, 11) is -4.49. The molecule has 1 heterocycles. The fourth-order valence-corrected chi connectivity index (χ4v) is 5.61. The third-order valence-corrected chi connectivity index (χ3v) is 7.84. The highest BCUT2D eigenvalue weighted by molar-refractivity contribution is 7.86. The molecular weight excluding hydrogens is 520 g/mol. The Morgan fingerprint density at radius 1 is 0.750 bits per heavy atom. The molecule has 0 saturated carbocycles. The van der Waals surface area contributed by atoms with Crippen molar-refractivity contribution in [2.45, 2.75) is 18.7 Å². The first-order valence-electron chi connectivity index (χ1n) is 12.8. The summed E-state index contributed by atoms with van der Waals surface area (Å²) >= 11 is 0. The van der Waals surface area contributed by atoms with Crippen LogP contribution in [0.2, 0.25) is 0 Å². The summed E-state index contributed by atoms with van der Waals surface area (Å²) in [6.07, 6.45) is 0. The number of anilines is 2. The lowest BCUT2D eigenvalue weighted by Gasteiger charge is -2.18. The molecule has 0 atom stereocenters. The Balaban J connectivity index is 1.63. The van der Waals surface area contributed by atoms with E-state index in [9.17, 15) is 13.0 Å². The van der Waals surface area contributed by atoms with Crippen molar-refractivity contribution >= 4 is 38.1 Å². The molecule has 0 bridgehead atoms. The van der Waals surface area contributed by atoms with Gasteiger partial charge in [-0.25, -0.2) is 4.99 Å². The average Bonchev–Trinajstić information content (AvgIpc) is 2.94. The molecule has 0 radical (unpaired) electrons. The molecule has 198 valence electrons. The standard InChI is InChI=1S/C33H26N2O4S/c1-21-9-3-6-12-28(21)34-23-15-17-25-30(19-23)39-31-20-24(35-29-13-7-4-10-22(29)2)16-18-26(31)33(25)27-11-5-8-14-32(27)40(36,37)38/h3-20,34H,1-2H3,(H,36,37,38)/b35-24+. The zero-order chi connectivity index (χ0) is 27.9. The number of benzene rings is 5. The Hall–Kier alpha value is -4.72. The van der Waals surface area contributed by atoms with Gasteiger partial charge in [0, 0.05) is 45.6 Å². The van der Waals surface area contributed by atoms with E-state index in [1.54, 1.807) is 18.2 Å². The highest BCUT2D eigenvalue weighted by atomic mass is 32.2. The molecule has 0 saturated heterocycles. The van der Waals surface area contributed by atoms with Crippen LogP contribution in [0.15, 0.2) is 123 Å². The van der Waals surface area contributed by atoms with E-state index < -0.39 is 10.1 Å². The van der Waals surface area contributed by atoms with Crippen molar-refractivity contribution in [3.63, 3.8) is 0 Å². The molecule has 0 spiro atoms. The van der Waals surface area contributed by atoms with Crippen LogP contribution in [-0.4, -0.2) is 13.0 Å². The fourth-order valence-electron chi connectivity index (χ4n) is 4.91. The first kappa shape index (κ1) is 25.6. The van der Waals surface area contributed by atoms with Gasteiger partial charge in [-0.05, 0) is 67.4 Å². The van der Waals surface area contributed by atoms with Crippen LogP contribution in [0.4, 0.5) is 17.1 Å². The van der Waals surface area contributed by atoms with E-state index in [0.717, 1.165) is 28.2 Å². The van der Waals surface area contributed by atoms with E-state index >= 15 is 0 Å². The normalized spacial score (nSPS) is 12.2. The van der Waals surface area contributed by atoms with Gasteiger partial charge < -0.3 is 9.73 Å². The Kier molecular flexibility index (Phi) is 6.46. The molecule has 1 aliphatic carbocycles. The highest BCUT2D eigenvalue weighted by Crippen LogP contribution is 2.43. The number of nitrogens with zero attached hydrogens (tertiary/aromatic N) is 1. The van der Waals surface area contributed by atoms with Gasteiger partial charge in [0.2, 0.25) is 0 Å². The summed E-state index contributed by atoms with van der Waals surface area (Å²) in [5.41, 5.74) is 7.08. The summed E-state index contributed by atoms with van der Waals surface area (Å²) in [5, 5.41) is 4.86. The highest BCUT2D eigenvalue weighted by Gasteiger charge is 2.23. The largest absolute Gasteiger partial charge is 0.456 e. The van der Waals surface area contributed by atoms with Crippen molar-refractivity contribution in [3.8, 4) is 22.5 Å². The van der Waals surface area contributed by atoms with Crippen LogP contribution in [0.3, 0.4) is 0 Å². The quantitative estimate of drug-likeness (QED) is 0.169. The van der Waals surface area contributed by atoms with Crippen molar-refractivity contribution in [1.82, 2.24) is 0 Å². The summed E-state index contributed by atoms with van der Waals surface area (Å²) in [6, 6.07) is 33.6. The maximum Gasteiger partial charge on any atom is 0.295 e. The SMILES string of the molecule is Cc1ccccc1/N=c1\ccc2c(-c3ccccc3S(=O)(=O)O)c3ccc(Nc4ccccc4C)cc3oc-2c1. The third kappa shape index (κ3) is 4.88. The zero-order valence-corrected chi connectivity index (χ0v) is 22.7. The Morgan fingerprint density at radius 2 is 1.48 bits per heavy atom. The van der Waals surface area contributed by atoms with E-state index in [1.807, 2.05) is 98.8 Å². The van der Waals surface area contributed by atoms with Crippen molar-refractivity contribution in [3.05, 3.63) is 126 Å².